The molecule has 0 aromatic rings. The third kappa shape index (κ3) is 3.50. The first kappa shape index (κ1) is 19.7. The second-order valence-corrected chi connectivity index (χ2v) is 7.47. The largest absolute Gasteiger partial charge is 0.379 e. The number of halogens is 2. The molecule has 0 amide bonds. The fraction of sp³-hybridized carbons (Fsp3) is 0.923. The lowest BCUT2D eigenvalue weighted by Crippen LogP contribution is -2.45. The lowest BCUT2D eigenvalue weighted by atomic mass is 9.69. The zero-order chi connectivity index (χ0) is 12.7. The number of amidine groups is 1. The minimum atomic E-state index is 0. The van der Waals surface area contributed by atoms with Gasteiger partial charge in [-0.15, -0.1) is 34.0 Å². The highest BCUT2D eigenvalue weighted by atomic mass is 79.9. The minimum absolute atomic E-state index is 0. The first-order valence-corrected chi connectivity index (χ1v) is 7.56. The van der Waals surface area contributed by atoms with Gasteiger partial charge in [0.25, 0.3) is 0 Å². The second kappa shape index (κ2) is 7.14. The van der Waals surface area contributed by atoms with Gasteiger partial charge >= 0.3 is 0 Å². The van der Waals surface area contributed by atoms with Crippen LogP contribution in [0.4, 0.5) is 0 Å². The van der Waals surface area contributed by atoms with Gasteiger partial charge in [0.1, 0.15) is 0 Å². The van der Waals surface area contributed by atoms with Crippen LogP contribution in [0.15, 0.2) is 0 Å². The molecule has 3 unspecified atom stereocenters. The number of nitrogens with one attached hydrogen (secondary N) is 2. The van der Waals surface area contributed by atoms with E-state index < -0.39 is 0 Å². The average Bonchev–Trinajstić information content (AvgIpc) is 2.56. The smallest absolute Gasteiger partial charge is 0.151 e. The number of rotatable bonds is 4. The first-order chi connectivity index (χ1) is 7.88. The Morgan fingerprint density at radius 2 is 2.00 bits per heavy atom. The quantitative estimate of drug-likeness (QED) is 0.373. The zero-order valence-electron chi connectivity index (χ0n) is 12.0. The van der Waals surface area contributed by atoms with Crippen molar-refractivity contribution in [3.8, 4) is 0 Å². The van der Waals surface area contributed by atoms with E-state index >= 15 is 0 Å². The Balaban J connectivity index is 0.00000162. The molecule has 2 fully saturated rings. The molecular weight excluding hydrogens is 390 g/mol. The number of hydrogen-bond acceptors (Lipinski definition) is 3. The van der Waals surface area contributed by atoms with Crippen LogP contribution in [0.1, 0.15) is 40.0 Å². The van der Waals surface area contributed by atoms with E-state index in [1.165, 1.54) is 31.0 Å². The van der Waals surface area contributed by atoms with Crippen molar-refractivity contribution in [1.82, 2.24) is 5.32 Å². The summed E-state index contributed by atoms with van der Waals surface area (Å²) in [6.45, 7) is 8.30. The normalized spacial score (nSPS) is 34.5. The van der Waals surface area contributed by atoms with Gasteiger partial charge in [0.15, 0.2) is 5.17 Å². The Labute approximate surface area is 142 Å². The van der Waals surface area contributed by atoms with Crippen molar-refractivity contribution in [2.75, 3.05) is 12.3 Å². The molecule has 6 heteroatoms. The van der Waals surface area contributed by atoms with Crippen molar-refractivity contribution >= 4 is 50.9 Å². The summed E-state index contributed by atoms with van der Waals surface area (Å²) in [7, 11) is 0. The highest BCUT2D eigenvalue weighted by Gasteiger charge is 2.60. The third-order valence-corrected chi connectivity index (χ3v) is 6.26. The van der Waals surface area contributed by atoms with Crippen LogP contribution in [-0.4, -0.2) is 23.5 Å². The predicted octanol–water partition coefficient (Wildman–Crippen LogP) is 3.57. The van der Waals surface area contributed by atoms with Gasteiger partial charge in [0.2, 0.25) is 0 Å². The lowest BCUT2D eigenvalue weighted by Gasteiger charge is -2.39. The zero-order valence-corrected chi connectivity index (χ0v) is 16.2. The number of fused-ring (bicyclic) bond motifs is 2. The molecule has 0 spiro atoms. The van der Waals surface area contributed by atoms with Crippen molar-refractivity contribution in [3.05, 3.63) is 0 Å². The van der Waals surface area contributed by atoms with E-state index in [0.29, 0.717) is 16.9 Å². The molecule has 2 bridgehead atoms. The van der Waals surface area contributed by atoms with Gasteiger partial charge < -0.3 is 11.1 Å². The van der Waals surface area contributed by atoms with Gasteiger partial charge in [-0.1, -0.05) is 32.5 Å². The fourth-order valence-corrected chi connectivity index (χ4v) is 4.35. The maximum Gasteiger partial charge on any atom is 0.151 e. The highest BCUT2D eigenvalue weighted by molar-refractivity contribution is 8.93. The van der Waals surface area contributed by atoms with Gasteiger partial charge in [-0.25, -0.2) is 0 Å². The summed E-state index contributed by atoms with van der Waals surface area (Å²) < 4.78 is 0. The summed E-state index contributed by atoms with van der Waals surface area (Å²) >= 11 is 1.43. The van der Waals surface area contributed by atoms with E-state index in [4.69, 9.17) is 11.1 Å². The first-order valence-electron chi connectivity index (χ1n) is 6.58. The van der Waals surface area contributed by atoms with E-state index in [1.54, 1.807) is 0 Å². The second-order valence-electron chi connectivity index (χ2n) is 6.33. The van der Waals surface area contributed by atoms with Gasteiger partial charge in [0.05, 0.1) is 0 Å². The molecule has 3 nitrogen and oxygen atoms in total. The average molecular weight is 417 g/mol. The Kier molecular flexibility index (Phi) is 7.42. The van der Waals surface area contributed by atoms with Gasteiger partial charge in [-0.2, -0.15) is 0 Å². The molecule has 2 rings (SSSR count). The molecular formula is C13H27Br2N3S. The molecule has 2 saturated carbocycles. The molecule has 0 aromatic heterocycles. The maximum atomic E-state index is 7.18. The van der Waals surface area contributed by atoms with Gasteiger partial charge in [-0.05, 0) is 36.0 Å². The summed E-state index contributed by atoms with van der Waals surface area (Å²) in [4.78, 5) is 0. The predicted molar refractivity (Wildman–Crippen MR) is 96.0 cm³/mol. The van der Waals surface area contributed by atoms with E-state index in [2.05, 4.69) is 26.1 Å². The number of nitrogens with two attached hydrogens (primary N) is 1. The van der Waals surface area contributed by atoms with E-state index in [9.17, 15) is 0 Å². The summed E-state index contributed by atoms with van der Waals surface area (Å²) in [6, 6.07) is 0.656. The van der Waals surface area contributed by atoms with E-state index in [-0.39, 0.29) is 39.1 Å². The van der Waals surface area contributed by atoms with Crippen molar-refractivity contribution in [2.24, 2.45) is 22.5 Å². The Hall–Kier alpha value is 0.740. The fourth-order valence-electron chi connectivity index (χ4n) is 3.91. The molecule has 2 aliphatic carbocycles. The van der Waals surface area contributed by atoms with Gasteiger partial charge in [0, 0.05) is 18.3 Å². The topological polar surface area (TPSA) is 61.9 Å². The highest BCUT2D eigenvalue weighted by Crippen LogP contribution is 2.65. The molecule has 0 aromatic carbocycles. The summed E-state index contributed by atoms with van der Waals surface area (Å²) in [6.07, 6.45) is 4.10. The minimum Gasteiger partial charge on any atom is -0.379 e. The third-order valence-electron chi connectivity index (χ3n) is 5.54. The molecule has 4 N–H and O–H groups in total. The Morgan fingerprint density at radius 3 is 2.42 bits per heavy atom. The molecule has 2 aliphatic rings. The lowest BCUT2D eigenvalue weighted by molar-refractivity contribution is 0.122. The molecule has 114 valence electrons. The van der Waals surface area contributed by atoms with Crippen LogP contribution in [0.3, 0.4) is 0 Å². The molecule has 3 atom stereocenters. The van der Waals surface area contributed by atoms with Crippen molar-refractivity contribution in [3.63, 3.8) is 0 Å². The summed E-state index contributed by atoms with van der Waals surface area (Å²) in [5, 5.41) is 11.1. The van der Waals surface area contributed by atoms with Crippen LogP contribution in [0.2, 0.25) is 0 Å². The van der Waals surface area contributed by atoms with Crippen LogP contribution in [-0.2, 0) is 0 Å². The Morgan fingerprint density at radius 1 is 1.37 bits per heavy atom. The number of hydrogen-bond donors (Lipinski definition) is 3. The molecule has 0 aliphatic heterocycles. The monoisotopic (exact) mass is 415 g/mol. The molecule has 0 radical (unpaired) electrons. The SMILES string of the molecule is Br.Br.CC1(C)C2CCC1(C)C(NCCSC(=N)N)C2. The standard InChI is InChI=1S/C13H25N3S.2BrH/c1-12(2)9-4-5-13(12,3)10(8-9)16-6-7-17-11(14)15;;/h9-10,16H,4-8H2,1-3H3,(H3,14,15);2*1H. The van der Waals surface area contributed by atoms with E-state index in [1.807, 2.05) is 0 Å². The maximum absolute atomic E-state index is 7.18. The molecule has 0 heterocycles. The van der Waals surface area contributed by atoms with Crippen molar-refractivity contribution in [2.45, 2.75) is 46.1 Å². The summed E-state index contributed by atoms with van der Waals surface area (Å²) in [5.74, 6) is 1.80. The van der Waals surface area contributed by atoms with Crippen molar-refractivity contribution in [1.29, 1.82) is 5.41 Å². The van der Waals surface area contributed by atoms with Crippen molar-refractivity contribution < 1.29 is 0 Å². The van der Waals surface area contributed by atoms with Crippen LogP contribution in [0, 0.1) is 22.2 Å². The van der Waals surface area contributed by atoms with Crippen LogP contribution in [0.25, 0.3) is 0 Å². The van der Waals surface area contributed by atoms with Crippen LogP contribution < -0.4 is 11.1 Å². The van der Waals surface area contributed by atoms with E-state index in [0.717, 1.165) is 18.2 Å². The Bertz CT molecular complexity index is 325. The van der Waals surface area contributed by atoms with Gasteiger partial charge in [-0.3, -0.25) is 5.41 Å². The number of thioether (sulfide) groups is 1. The summed E-state index contributed by atoms with van der Waals surface area (Å²) in [5.41, 5.74) is 6.28. The molecule has 19 heavy (non-hydrogen) atoms. The van der Waals surface area contributed by atoms with Crippen LogP contribution >= 0.6 is 45.7 Å². The van der Waals surface area contributed by atoms with Crippen LogP contribution in [0.5, 0.6) is 0 Å². The molecule has 0 saturated heterocycles.